The molecule has 0 fully saturated rings. The summed E-state index contributed by atoms with van der Waals surface area (Å²) in [6, 6.07) is 26.1. The van der Waals surface area contributed by atoms with Gasteiger partial charge in [0.1, 0.15) is 0 Å². The van der Waals surface area contributed by atoms with Gasteiger partial charge in [0.2, 0.25) is 5.78 Å². The maximum atomic E-state index is 13.2. The Morgan fingerprint density at radius 2 is 1.57 bits per heavy atom. The second kappa shape index (κ2) is 7.65. The molecule has 0 saturated heterocycles. The number of carbonyl (C=O) groups excluding carboxylic acids is 1. The van der Waals surface area contributed by atoms with Crippen LogP contribution in [0.5, 0.6) is 0 Å². The molecule has 0 aliphatic rings. The Labute approximate surface area is 165 Å². The predicted molar refractivity (Wildman–Crippen MR) is 113 cm³/mol. The standard InChI is InChI=1S/C25H22N2O/c1-18-8-6-12-21(14-18)23-16-26-25(24(28)22-13-7-9-19(2)15-22)27(23)17-20-10-4-3-5-11-20/h3-16H,17H2,1-2H3. The Morgan fingerprint density at radius 3 is 2.29 bits per heavy atom. The number of hydrogen-bond donors (Lipinski definition) is 0. The summed E-state index contributed by atoms with van der Waals surface area (Å²) in [7, 11) is 0. The first-order chi connectivity index (χ1) is 13.6. The maximum Gasteiger partial charge on any atom is 0.228 e. The SMILES string of the molecule is Cc1cccc(C(=O)c2ncc(-c3cccc(C)c3)n2Cc2ccccc2)c1. The van der Waals surface area contributed by atoms with Gasteiger partial charge in [0.15, 0.2) is 5.82 Å². The van der Waals surface area contributed by atoms with Gasteiger partial charge in [-0.25, -0.2) is 4.98 Å². The van der Waals surface area contributed by atoms with E-state index in [1.54, 1.807) is 6.20 Å². The highest BCUT2D eigenvalue weighted by molar-refractivity contribution is 6.07. The Balaban J connectivity index is 1.83. The monoisotopic (exact) mass is 366 g/mol. The lowest BCUT2D eigenvalue weighted by Crippen LogP contribution is -2.13. The van der Waals surface area contributed by atoms with Crippen molar-refractivity contribution in [1.82, 2.24) is 9.55 Å². The van der Waals surface area contributed by atoms with E-state index in [4.69, 9.17) is 0 Å². The highest BCUT2D eigenvalue weighted by atomic mass is 16.1. The number of carbonyl (C=O) groups is 1. The van der Waals surface area contributed by atoms with Crippen LogP contribution in [0.4, 0.5) is 0 Å². The molecule has 1 heterocycles. The summed E-state index contributed by atoms with van der Waals surface area (Å²) >= 11 is 0. The molecule has 4 rings (SSSR count). The molecule has 0 N–H and O–H groups in total. The van der Waals surface area contributed by atoms with Gasteiger partial charge in [0.25, 0.3) is 0 Å². The second-order valence-electron chi connectivity index (χ2n) is 7.11. The zero-order chi connectivity index (χ0) is 19.5. The van der Waals surface area contributed by atoms with E-state index in [0.717, 1.165) is 22.4 Å². The molecular formula is C25H22N2O. The van der Waals surface area contributed by atoms with E-state index in [2.05, 4.69) is 42.2 Å². The maximum absolute atomic E-state index is 13.2. The van der Waals surface area contributed by atoms with Crippen LogP contribution in [0.25, 0.3) is 11.3 Å². The smallest absolute Gasteiger partial charge is 0.228 e. The van der Waals surface area contributed by atoms with Crippen molar-refractivity contribution in [2.75, 3.05) is 0 Å². The molecule has 0 amide bonds. The largest absolute Gasteiger partial charge is 0.317 e. The van der Waals surface area contributed by atoms with E-state index in [0.29, 0.717) is 17.9 Å². The van der Waals surface area contributed by atoms with Crippen molar-refractivity contribution in [3.8, 4) is 11.3 Å². The zero-order valence-corrected chi connectivity index (χ0v) is 16.1. The summed E-state index contributed by atoms with van der Waals surface area (Å²) in [6.07, 6.45) is 1.81. The van der Waals surface area contributed by atoms with Crippen LogP contribution >= 0.6 is 0 Å². The van der Waals surface area contributed by atoms with Crippen molar-refractivity contribution in [2.45, 2.75) is 20.4 Å². The molecule has 3 nitrogen and oxygen atoms in total. The quantitative estimate of drug-likeness (QED) is 0.440. The number of benzene rings is 3. The molecule has 138 valence electrons. The third kappa shape index (κ3) is 3.65. The third-order valence-corrected chi connectivity index (χ3v) is 4.84. The number of nitrogens with zero attached hydrogens (tertiary/aromatic N) is 2. The Hall–Kier alpha value is -3.46. The fourth-order valence-electron chi connectivity index (χ4n) is 3.43. The first-order valence-electron chi connectivity index (χ1n) is 9.40. The summed E-state index contributed by atoms with van der Waals surface area (Å²) in [5, 5.41) is 0. The number of rotatable bonds is 5. The summed E-state index contributed by atoms with van der Waals surface area (Å²) in [6.45, 7) is 4.66. The van der Waals surface area contributed by atoms with E-state index in [1.165, 1.54) is 5.56 Å². The third-order valence-electron chi connectivity index (χ3n) is 4.84. The normalized spacial score (nSPS) is 10.8. The van der Waals surface area contributed by atoms with Gasteiger partial charge < -0.3 is 4.57 Å². The summed E-state index contributed by atoms with van der Waals surface area (Å²) in [5.74, 6) is 0.407. The molecule has 0 atom stereocenters. The van der Waals surface area contributed by atoms with Gasteiger partial charge >= 0.3 is 0 Å². The van der Waals surface area contributed by atoms with Crippen LogP contribution in [0.15, 0.2) is 85.1 Å². The van der Waals surface area contributed by atoms with Crippen molar-refractivity contribution in [3.05, 3.63) is 113 Å². The van der Waals surface area contributed by atoms with Gasteiger partial charge in [-0.15, -0.1) is 0 Å². The first-order valence-corrected chi connectivity index (χ1v) is 9.40. The fourth-order valence-corrected chi connectivity index (χ4v) is 3.43. The van der Waals surface area contributed by atoms with Gasteiger partial charge in [0.05, 0.1) is 11.9 Å². The van der Waals surface area contributed by atoms with Gasteiger partial charge in [-0.3, -0.25) is 4.79 Å². The highest BCUT2D eigenvalue weighted by Crippen LogP contribution is 2.24. The first kappa shape index (κ1) is 17.9. The topological polar surface area (TPSA) is 34.9 Å². The molecule has 0 spiro atoms. The Bertz CT molecular complexity index is 1130. The zero-order valence-electron chi connectivity index (χ0n) is 16.1. The van der Waals surface area contributed by atoms with Crippen LogP contribution in [-0.4, -0.2) is 15.3 Å². The van der Waals surface area contributed by atoms with Crippen LogP contribution in [0.2, 0.25) is 0 Å². The summed E-state index contributed by atoms with van der Waals surface area (Å²) in [4.78, 5) is 17.8. The van der Waals surface area contributed by atoms with E-state index < -0.39 is 0 Å². The van der Waals surface area contributed by atoms with Gasteiger partial charge in [-0.2, -0.15) is 0 Å². The van der Waals surface area contributed by atoms with Crippen molar-refractivity contribution in [2.24, 2.45) is 0 Å². The number of aromatic nitrogens is 2. The van der Waals surface area contributed by atoms with Gasteiger partial charge in [-0.05, 0) is 31.5 Å². The van der Waals surface area contributed by atoms with Crippen LogP contribution in [-0.2, 0) is 6.54 Å². The molecule has 1 aromatic heterocycles. The summed E-state index contributed by atoms with van der Waals surface area (Å²) in [5.41, 5.74) is 6.04. The van der Waals surface area contributed by atoms with Crippen molar-refractivity contribution < 1.29 is 4.79 Å². The molecule has 4 aromatic rings. The number of ketones is 1. The molecular weight excluding hydrogens is 344 g/mol. The van der Waals surface area contributed by atoms with E-state index in [1.807, 2.05) is 60.0 Å². The lowest BCUT2D eigenvalue weighted by atomic mass is 10.1. The molecule has 0 unspecified atom stereocenters. The number of hydrogen-bond acceptors (Lipinski definition) is 2. The minimum Gasteiger partial charge on any atom is -0.317 e. The Kier molecular flexibility index (Phi) is 4.90. The number of aryl methyl sites for hydroxylation is 2. The average molecular weight is 366 g/mol. The van der Waals surface area contributed by atoms with Crippen molar-refractivity contribution >= 4 is 5.78 Å². The average Bonchev–Trinajstić information content (AvgIpc) is 3.11. The van der Waals surface area contributed by atoms with E-state index in [9.17, 15) is 4.79 Å². The minimum atomic E-state index is -0.0569. The molecule has 0 aliphatic carbocycles. The molecule has 28 heavy (non-hydrogen) atoms. The van der Waals surface area contributed by atoms with E-state index >= 15 is 0 Å². The molecule has 3 heteroatoms. The van der Waals surface area contributed by atoms with E-state index in [-0.39, 0.29) is 5.78 Å². The second-order valence-corrected chi connectivity index (χ2v) is 7.11. The van der Waals surface area contributed by atoms with Crippen molar-refractivity contribution in [3.63, 3.8) is 0 Å². The fraction of sp³-hybridized carbons (Fsp3) is 0.120. The van der Waals surface area contributed by atoms with Gasteiger partial charge in [-0.1, -0.05) is 77.9 Å². The predicted octanol–water partition coefficient (Wildman–Crippen LogP) is 5.45. The minimum absolute atomic E-state index is 0.0569. The summed E-state index contributed by atoms with van der Waals surface area (Å²) < 4.78 is 2.02. The highest BCUT2D eigenvalue weighted by Gasteiger charge is 2.20. The molecule has 0 bridgehead atoms. The van der Waals surface area contributed by atoms with Crippen LogP contribution in [0.3, 0.4) is 0 Å². The lowest BCUT2D eigenvalue weighted by molar-refractivity contribution is 0.102. The van der Waals surface area contributed by atoms with Crippen molar-refractivity contribution in [1.29, 1.82) is 0 Å². The van der Waals surface area contributed by atoms with Gasteiger partial charge in [0, 0.05) is 17.7 Å². The lowest BCUT2D eigenvalue weighted by Gasteiger charge is -2.13. The molecule has 0 aliphatic heterocycles. The van der Waals surface area contributed by atoms with Crippen LogP contribution in [0.1, 0.15) is 32.9 Å². The Morgan fingerprint density at radius 1 is 0.857 bits per heavy atom. The number of imidazole rings is 1. The van der Waals surface area contributed by atoms with Crippen LogP contribution < -0.4 is 0 Å². The molecule has 0 radical (unpaired) electrons. The molecule has 3 aromatic carbocycles. The van der Waals surface area contributed by atoms with Crippen LogP contribution in [0, 0.1) is 13.8 Å². The molecule has 0 saturated carbocycles.